The molecule has 21 heavy (non-hydrogen) atoms. The maximum atomic E-state index is 12.6. The molecule has 2 heterocycles. The molecule has 0 aliphatic carbocycles. The van der Waals surface area contributed by atoms with Gasteiger partial charge in [-0.25, -0.2) is 9.78 Å². The van der Waals surface area contributed by atoms with Gasteiger partial charge in [-0.1, -0.05) is 18.2 Å². The summed E-state index contributed by atoms with van der Waals surface area (Å²) in [5.41, 5.74) is 1.23. The van der Waals surface area contributed by atoms with E-state index in [9.17, 15) is 14.7 Å². The lowest BCUT2D eigenvalue weighted by Gasteiger charge is -2.10. The molecule has 3 aromatic rings. The number of aromatic hydroxyl groups is 1. The highest BCUT2D eigenvalue weighted by atomic mass is 32.1. The van der Waals surface area contributed by atoms with Gasteiger partial charge in [0.25, 0.3) is 5.56 Å². The summed E-state index contributed by atoms with van der Waals surface area (Å²) in [6, 6.07) is 8.84. The summed E-state index contributed by atoms with van der Waals surface area (Å²) in [5.74, 6) is -1.34. The monoisotopic (exact) mass is 302 g/mol. The first-order valence-corrected chi connectivity index (χ1v) is 6.88. The zero-order valence-corrected chi connectivity index (χ0v) is 11.8. The van der Waals surface area contributed by atoms with Crippen molar-refractivity contribution in [2.75, 3.05) is 7.11 Å². The molecular formula is C14H10N2O4S. The van der Waals surface area contributed by atoms with Crippen LogP contribution in [0.15, 0.2) is 40.6 Å². The van der Waals surface area contributed by atoms with Crippen LogP contribution in [-0.2, 0) is 4.74 Å². The second-order valence-corrected chi connectivity index (χ2v) is 5.03. The fourth-order valence-electron chi connectivity index (χ4n) is 2.08. The summed E-state index contributed by atoms with van der Waals surface area (Å²) in [6.07, 6.45) is 0. The number of ether oxygens (including phenoxy) is 1. The number of carbonyl (C=O) groups is 1. The molecule has 0 bridgehead atoms. The number of fused-ring (bicyclic) bond motifs is 1. The lowest BCUT2D eigenvalue weighted by molar-refractivity contribution is 0.0595. The Kier molecular flexibility index (Phi) is 3.19. The first-order valence-electron chi connectivity index (χ1n) is 6.00. The normalized spacial score (nSPS) is 10.7. The van der Waals surface area contributed by atoms with Crippen molar-refractivity contribution >= 4 is 27.7 Å². The molecule has 0 spiro atoms. The van der Waals surface area contributed by atoms with Crippen LogP contribution in [0, 0.1) is 0 Å². The van der Waals surface area contributed by atoms with E-state index in [4.69, 9.17) is 0 Å². The van der Waals surface area contributed by atoms with Crippen LogP contribution in [-0.4, -0.2) is 27.7 Å². The number of aromatic nitrogens is 2. The highest BCUT2D eigenvalue weighted by Gasteiger charge is 2.24. The number of nitrogens with zero attached hydrogens (tertiary/aromatic N) is 2. The molecule has 0 atom stereocenters. The van der Waals surface area contributed by atoms with Crippen molar-refractivity contribution in [2.24, 2.45) is 0 Å². The third-order valence-electron chi connectivity index (χ3n) is 3.03. The van der Waals surface area contributed by atoms with Crippen LogP contribution < -0.4 is 5.56 Å². The quantitative estimate of drug-likeness (QED) is 0.732. The largest absolute Gasteiger partial charge is 0.505 e. The van der Waals surface area contributed by atoms with Gasteiger partial charge in [-0.15, -0.1) is 11.3 Å². The summed E-state index contributed by atoms with van der Waals surface area (Å²) < 4.78 is 5.92. The van der Waals surface area contributed by atoms with E-state index in [0.29, 0.717) is 10.5 Å². The van der Waals surface area contributed by atoms with Gasteiger partial charge in [-0.3, -0.25) is 9.36 Å². The maximum Gasteiger partial charge on any atom is 0.347 e. The standard InChI is InChI=1S/C14H10N2O4S/c1-20-14(19)9-11(17)10-13(21-7-15-10)16(12(9)18)8-5-3-2-4-6-8/h2-7,17H,1H3. The Bertz CT molecular complexity index is 883. The Morgan fingerprint density at radius 1 is 1.33 bits per heavy atom. The Hall–Kier alpha value is -2.67. The lowest BCUT2D eigenvalue weighted by Crippen LogP contribution is -2.26. The number of carbonyl (C=O) groups excluding carboxylic acids is 1. The van der Waals surface area contributed by atoms with Gasteiger partial charge in [0, 0.05) is 0 Å². The van der Waals surface area contributed by atoms with Gasteiger partial charge in [0.2, 0.25) is 0 Å². The molecule has 7 heteroatoms. The van der Waals surface area contributed by atoms with E-state index in [1.165, 1.54) is 21.4 Å². The Balaban J connectivity index is 2.47. The first kappa shape index (κ1) is 13.3. The van der Waals surface area contributed by atoms with Gasteiger partial charge < -0.3 is 9.84 Å². The first-order chi connectivity index (χ1) is 10.1. The molecule has 0 aliphatic heterocycles. The predicted molar refractivity (Wildman–Crippen MR) is 78.2 cm³/mol. The molecule has 0 saturated carbocycles. The molecule has 1 aromatic carbocycles. The summed E-state index contributed by atoms with van der Waals surface area (Å²) in [4.78, 5) is 28.9. The minimum Gasteiger partial charge on any atom is -0.505 e. The number of pyridine rings is 1. The van der Waals surface area contributed by atoms with Crippen LogP contribution >= 0.6 is 11.3 Å². The van der Waals surface area contributed by atoms with Gasteiger partial charge in [-0.2, -0.15) is 0 Å². The van der Waals surface area contributed by atoms with Gasteiger partial charge in [0.1, 0.15) is 10.3 Å². The molecule has 2 aromatic heterocycles. The average Bonchev–Trinajstić information content (AvgIpc) is 2.97. The predicted octanol–water partition coefficient (Wildman–Crippen LogP) is 1.94. The second kappa shape index (κ2) is 5.02. The number of para-hydroxylation sites is 1. The van der Waals surface area contributed by atoms with Crippen molar-refractivity contribution in [1.29, 1.82) is 0 Å². The minimum atomic E-state index is -0.892. The number of methoxy groups -OCH3 is 1. The summed E-state index contributed by atoms with van der Waals surface area (Å²) in [7, 11) is 1.15. The molecule has 0 fully saturated rings. The second-order valence-electron chi connectivity index (χ2n) is 4.20. The number of rotatable bonds is 2. The van der Waals surface area contributed by atoms with Crippen molar-refractivity contribution < 1.29 is 14.6 Å². The van der Waals surface area contributed by atoms with Gasteiger partial charge in [-0.05, 0) is 12.1 Å². The number of hydrogen-bond acceptors (Lipinski definition) is 6. The van der Waals surface area contributed by atoms with E-state index in [2.05, 4.69) is 9.72 Å². The van der Waals surface area contributed by atoms with Crippen molar-refractivity contribution in [3.8, 4) is 11.4 Å². The van der Waals surface area contributed by atoms with E-state index in [0.717, 1.165) is 7.11 Å². The fraction of sp³-hybridized carbons (Fsp3) is 0.0714. The summed E-state index contributed by atoms with van der Waals surface area (Å²) >= 11 is 1.20. The molecule has 0 amide bonds. The lowest BCUT2D eigenvalue weighted by atomic mass is 10.2. The molecule has 0 aliphatic rings. The topological polar surface area (TPSA) is 81.4 Å². The van der Waals surface area contributed by atoms with Crippen molar-refractivity contribution in [2.45, 2.75) is 0 Å². The van der Waals surface area contributed by atoms with Crippen LogP contribution in [0.1, 0.15) is 10.4 Å². The molecule has 3 rings (SSSR count). The summed E-state index contributed by atoms with van der Waals surface area (Å²) in [6.45, 7) is 0. The van der Waals surface area contributed by atoms with Crippen LogP contribution in [0.2, 0.25) is 0 Å². The van der Waals surface area contributed by atoms with Crippen LogP contribution in [0.4, 0.5) is 0 Å². The van der Waals surface area contributed by atoms with Crippen LogP contribution in [0.3, 0.4) is 0 Å². The molecular weight excluding hydrogens is 292 g/mol. The van der Waals surface area contributed by atoms with Crippen LogP contribution in [0.5, 0.6) is 5.75 Å². The third-order valence-corrected chi connectivity index (χ3v) is 3.84. The number of benzene rings is 1. The molecule has 0 radical (unpaired) electrons. The van der Waals surface area contributed by atoms with E-state index < -0.39 is 22.8 Å². The Labute approximate surface area is 122 Å². The molecule has 6 nitrogen and oxygen atoms in total. The smallest absolute Gasteiger partial charge is 0.347 e. The van der Waals surface area contributed by atoms with E-state index >= 15 is 0 Å². The van der Waals surface area contributed by atoms with E-state index in [-0.39, 0.29) is 5.52 Å². The third kappa shape index (κ3) is 1.98. The molecule has 106 valence electrons. The zero-order valence-electron chi connectivity index (χ0n) is 10.9. The average molecular weight is 302 g/mol. The van der Waals surface area contributed by atoms with Gasteiger partial charge in [0.05, 0.1) is 18.3 Å². The SMILES string of the molecule is COC(=O)c1c(O)c2ncsc2n(-c2ccccc2)c1=O. The van der Waals surface area contributed by atoms with Gasteiger partial charge in [0.15, 0.2) is 11.3 Å². The van der Waals surface area contributed by atoms with E-state index in [1.807, 2.05) is 6.07 Å². The fourth-order valence-corrected chi connectivity index (χ4v) is 2.90. The van der Waals surface area contributed by atoms with Crippen molar-refractivity contribution in [3.63, 3.8) is 0 Å². The molecule has 0 saturated heterocycles. The Morgan fingerprint density at radius 2 is 2.05 bits per heavy atom. The highest BCUT2D eigenvalue weighted by molar-refractivity contribution is 7.16. The maximum absolute atomic E-state index is 12.6. The summed E-state index contributed by atoms with van der Waals surface area (Å²) in [5, 5.41) is 10.1. The molecule has 0 unspecified atom stereocenters. The van der Waals surface area contributed by atoms with E-state index in [1.54, 1.807) is 24.3 Å². The number of thiazole rings is 1. The minimum absolute atomic E-state index is 0.198. The number of hydrogen-bond donors (Lipinski definition) is 1. The van der Waals surface area contributed by atoms with Gasteiger partial charge >= 0.3 is 5.97 Å². The zero-order chi connectivity index (χ0) is 15.0. The Morgan fingerprint density at radius 3 is 2.71 bits per heavy atom. The molecule has 1 N–H and O–H groups in total. The highest BCUT2D eigenvalue weighted by Crippen LogP contribution is 2.29. The van der Waals surface area contributed by atoms with Crippen LogP contribution in [0.25, 0.3) is 16.0 Å². The van der Waals surface area contributed by atoms with Crippen molar-refractivity contribution in [1.82, 2.24) is 9.55 Å². The van der Waals surface area contributed by atoms with Crippen molar-refractivity contribution in [3.05, 3.63) is 51.8 Å². The number of esters is 1.